The maximum atomic E-state index is 11.9. The molecule has 22 heavy (non-hydrogen) atoms. The lowest BCUT2D eigenvalue weighted by Crippen LogP contribution is -2.22. The van der Waals surface area contributed by atoms with Crippen LogP contribution in [0.15, 0.2) is 53.6 Å². The minimum absolute atomic E-state index is 0.164. The summed E-state index contributed by atoms with van der Waals surface area (Å²) in [6.45, 7) is 3.52. The fourth-order valence-electron chi connectivity index (χ4n) is 2.04. The quantitative estimate of drug-likeness (QED) is 0.542. The zero-order valence-corrected chi connectivity index (χ0v) is 13.2. The monoisotopic (exact) mass is 309 g/mol. The average molecular weight is 309 g/mol. The highest BCUT2D eigenvalue weighted by Gasteiger charge is 2.15. The number of hydrogen-bond acceptors (Lipinski definition) is 4. The Bertz CT molecular complexity index is 839. The minimum atomic E-state index is -0.164. The highest BCUT2D eigenvalue weighted by atomic mass is 32.1. The first-order valence-electron chi connectivity index (χ1n) is 6.90. The van der Waals surface area contributed by atoms with Gasteiger partial charge in [0.15, 0.2) is 0 Å². The highest BCUT2D eigenvalue weighted by molar-refractivity contribution is 7.22. The predicted molar refractivity (Wildman–Crippen MR) is 91.6 cm³/mol. The second-order valence-electron chi connectivity index (χ2n) is 4.95. The Kier molecular flexibility index (Phi) is 3.98. The number of aryl methyl sites for hydroxylation is 1. The van der Waals surface area contributed by atoms with E-state index in [1.54, 1.807) is 6.21 Å². The molecular formula is C17H15N3OS. The Morgan fingerprint density at radius 1 is 1.23 bits per heavy atom. The van der Waals surface area contributed by atoms with Crippen LogP contribution in [0.3, 0.4) is 0 Å². The van der Waals surface area contributed by atoms with Crippen LogP contribution in [0.2, 0.25) is 0 Å². The first-order valence-corrected chi connectivity index (χ1v) is 7.72. The van der Waals surface area contributed by atoms with Crippen molar-refractivity contribution in [1.82, 2.24) is 4.98 Å². The third-order valence-corrected chi connectivity index (χ3v) is 4.13. The molecule has 2 aromatic carbocycles. The van der Waals surface area contributed by atoms with E-state index in [9.17, 15) is 4.79 Å². The van der Waals surface area contributed by atoms with Crippen LogP contribution >= 0.6 is 11.3 Å². The second kappa shape index (κ2) is 6.07. The Morgan fingerprint density at radius 2 is 2.00 bits per heavy atom. The maximum absolute atomic E-state index is 11.9. The normalized spacial score (nSPS) is 11.2. The van der Waals surface area contributed by atoms with Gasteiger partial charge < -0.3 is 0 Å². The van der Waals surface area contributed by atoms with Gasteiger partial charge in [0.05, 0.1) is 16.4 Å². The fourth-order valence-corrected chi connectivity index (χ4v) is 3.11. The first-order chi connectivity index (χ1) is 10.6. The molecule has 3 aromatic rings. The van der Waals surface area contributed by atoms with Gasteiger partial charge >= 0.3 is 0 Å². The van der Waals surface area contributed by atoms with Crippen molar-refractivity contribution in [3.8, 4) is 0 Å². The van der Waals surface area contributed by atoms with Crippen LogP contribution in [-0.2, 0) is 4.79 Å². The second-order valence-corrected chi connectivity index (χ2v) is 5.96. The molecule has 0 saturated heterocycles. The molecule has 110 valence electrons. The molecule has 0 fully saturated rings. The van der Waals surface area contributed by atoms with Crippen LogP contribution in [0.1, 0.15) is 18.1 Å². The Labute approximate surface area is 132 Å². The molecule has 0 spiro atoms. The molecule has 0 unspecified atom stereocenters. The number of rotatable bonds is 3. The van der Waals surface area contributed by atoms with Crippen LogP contribution < -0.4 is 5.01 Å². The fraction of sp³-hybridized carbons (Fsp3) is 0.118. The molecule has 0 aliphatic carbocycles. The van der Waals surface area contributed by atoms with Gasteiger partial charge in [-0.25, -0.2) is 4.98 Å². The lowest BCUT2D eigenvalue weighted by atomic mass is 10.2. The molecule has 0 bridgehead atoms. The highest BCUT2D eigenvalue weighted by Crippen LogP contribution is 2.29. The van der Waals surface area contributed by atoms with Gasteiger partial charge in [0.25, 0.3) is 0 Å². The molecule has 0 aliphatic rings. The zero-order chi connectivity index (χ0) is 15.5. The van der Waals surface area contributed by atoms with Crippen molar-refractivity contribution in [1.29, 1.82) is 0 Å². The van der Waals surface area contributed by atoms with Gasteiger partial charge in [0.2, 0.25) is 11.0 Å². The van der Waals surface area contributed by atoms with Crippen molar-refractivity contribution in [2.24, 2.45) is 5.10 Å². The number of carbonyl (C=O) groups is 1. The summed E-state index contributed by atoms with van der Waals surface area (Å²) in [4.78, 5) is 16.4. The van der Waals surface area contributed by atoms with Gasteiger partial charge in [-0.3, -0.25) is 4.79 Å². The van der Waals surface area contributed by atoms with Crippen molar-refractivity contribution in [2.75, 3.05) is 5.01 Å². The van der Waals surface area contributed by atoms with Gasteiger partial charge in [-0.05, 0) is 30.2 Å². The summed E-state index contributed by atoms with van der Waals surface area (Å²) < 4.78 is 1.05. The van der Waals surface area contributed by atoms with Gasteiger partial charge in [-0.15, -0.1) is 0 Å². The number of fused-ring (bicyclic) bond motifs is 1. The summed E-state index contributed by atoms with van der Waals surface area (Å²) >= 11 is 1.46. The van der Waals surface area contributed by atoms with Gasteiger partial charge in [0, 0.05) is 6.92 Å². The molecule has 0 atom stereocenters. The van der Waals surface area contributed by atoms with E-state index in [1.807, 2.05) is 49.4 Å². The van der Waals surface area contributed by atoms with Crippen molar-refractivity contribution < 1.29 is 4.79 Å². The lowest BCUT2D eigenvalue weighted by molar-refractivity contribution is -0.116. The van der Waals surface area contributed by atoms with Gasteiger partial charge in [0.1, 0.15) is 0 Å². The minimum Gasteiger partial charge on any atom is -0.273 e. The van der Waals surface area contributed by atoms with Gasteiger partial charge in [-0.1, -0.05) is 47.7 Å². The third kappa shape index (κ3) is 3.04. The molecular weight excluding hydrogens is 294 g/mol. The van der Waals surface area contributed by atoms with E-state index in [1.165, 1.54) is 28.8 Å². The van der Waals surface area contributed by atoms with Crippen molar-refractivity contribution >= 4 is 38.8 Å². The van der Waals surface area contributed by atoms with Crippen molar-refractivity contribution in [3.63, 3.8) is 0 Å². The van der Waals surface area contributed by atoms with E-state index in [-0.39, 0.29) is 5.91 Å². The molecule has 1 heterocycles. The maximum Gasteiger partial charge on any atom is 0.246 e. The molecule has 0 aliphatic heterocycles. The van der Waals surface area contributed by atoms with E-state index >= 15 is 0 Å². The number of amides is 1. The average Bonchev–Trinajstić information content (AvgIpc) is 2.90. The number of nitrogens with zero attached hydrogens (tertiary/aromatic N) is 3. The first kappa shape index (κ1) is 14.4. The summed E-state index contributed by atoms with van der Waals surface area (Å²) in [5, 5.41) is 6.21. The van der Waals surface area contributed by atoms with Crippen molar-refractivity contribution in [2.45, 2.75) is 13.8 Å². The lowest BCUT2D eigenvalue weighted by Gasteiger charge is -2.10. The smallest absolute Gasteiger partial charge is 0.246 e. The summed E-state index contributed by atoms with van der Waals surface area (Å²) in [5.41, 5.74) is 2.99. The van der Waals surface area contributed by atoms with Crippen molar-refractivity contribution in [3.05, 3.63) is 59.7 Å². The van der Waals surface area contributed by atoms with E-state index < -0.39 is 0 Å². The predicted octanol–water partition coefficient (Wildman–Crippen LogP) is 3.99. The summed E-state index contributed by atoms with van der Waals surface area (Å²) in [6, 6.07) is 15.7. The molecule has 0 N–H and O–H groups in total. The molecule has 1 aromatic heterocycles. The number of aromatic nitrogens is 1. The summed E-state index contributed by atoms with van der Waals surface area (Å²) in [5.74, 6) is -0.164. The molecule has 0 saturated carbocycles. The molecule has 1 amide bonds. The number of hydrazone groups is 1. The standard InChI is InChI=1S/C17H15N3OS/c1-12-8-9-15-16(10-12)22-17(19-15)20(13(2)21)18-11-14-6-4-3-5-7-14/h3-11H,1-2H3/b18-11+. The topological polar surface area (TPSA) is 45.6 Å². The zero-order valence-electron chi connectivity index (χ0n) is 12.4. The molecule has 5 heteroatoms. The van der Waals surface area contributed by atoms with E-state index in [4.69, 9.17) is 0 Å². The third-order valence-electron chi connectivity index (χ3n) is 3.13. The number of benzene rings is 2. The van der Waals surface area contributed by atoms with E-state index in [0.29, 0.717) is 5.13 Å². The summed E-state index contributed by atoms with van der Waals surface area (Å²) in [6.07, 6.45) is 1.67. The molecule has 4 nitrogen and oxygen atoms in total. The van der Waals surface area contributed by atoms with Crippen LogP contribution in [0, 0.1) is 6.92 Å². The number of hydrogen-bond donors (Lipinski definition) is 0. The number of thiazole rings is 1. The largest absolute Gasteiger partial charge is 0.273 e. The van der Waals surface area contributed by atoms with Crippen LogP contribution in [-0.4, -0.2) is 17.1 Å². The van der Waals surface area contributed by atoms with E-state index in [0.717, 1.165) is 15.8 Å². The Morgan fingerprint density at radius 3 is 2.73 bits per heavy atom. The van der Waals surface area contributed by atoms with Crippen LogP contribution in [0.5, 0.6) is 0 Å². The Balaban J connectivity index is 1.96. The van der Waals surface area contributed by atoms with Crippen LogP contribution in [0.4, 0.5) is 5.13 Å². The SMILES string of the molecule is CC(=O)N(/N=C/c1ccccc1)c1nc2ccc(C)cc2s1. The summed E-state index contributed by atoms with van der Waals surface area (Å²) in [7, 11) is 0. The Hall–Kier alpha value is -2.53. The number of anilines is 1. The molecule has 0 radical (unpaired) electrons. The van der Waals surface area contributed by atoms with Crippen LogP contribution in [0.25, 0.3) is 10.2 Å². The van der Waals surface area contributed by atoms with E-state index in [2.05, 4.69) is 16.2 Å². The molecule has 3 rings (SSSR count). The number of carbonyl (C=O) groups excluding carboxylic acids is 1. The van der Waals surface area contributed by atoms with Gasteiger partial charge in [-0.2, -0.15) is 10.1 Å².